The van der Waals surface area contributed by atoms with Crippen LogP contribution in [-0.2, 0) is 22.2 Å². The largest absolute Gasteiger partial charge is 0.463 e. The van der Waals surface area contributed by atoms with Crippen molar-refractivity contribution in [3.05, 3.63) is 89.4 Å². The van der Waals surface area contributed by atoms with E-state index in [9.17, 15) is 22.8 Å². The molecule has 2 heterocycles. The van der Waals surface area contributed by atoms with Crippen LogP contribution in [0.4, 0.5) is 18.9 Å². The van der Waals surface area contributed by atoms with E-state index in [1.54, 1.807) is 31.3 Å². The van der Waals surface area contributed by atoms with Gasteiger partial charge < -0.3 is 14.6 Å². The van der Waals surface area contributed by atoms with Crippen LogP contribution >= 0.6 is 0 Å². The zero-order chi connectivity index (χ0) is 23.6. The number of hydrogen-bond donors (Lipinski definition) is 1. The first-order valence-electron chi connectivity index (χ1n) is 10.2. The summed E-state index contributed by atoms with van der Waals surface area (Å²) in [5.41, 5.74) is 1.57. The fourth-order valence-corrected chi connectivity index (χ4v) is 3.57. The quantitative estimate of drug-likeness (QED) is 0.627. The number of carbonyl (C=O) groups excluding carboxylic acids is 2. The van der Waals surface area contributed by atoms with E-state index in [0.717, 1.165) is 12.1 Å². The van der Waals surface area contributed by atoms with Gasteiger partial charge in [-0.25, -0.2) is 4.99 Å². The minimum Gasteiger partial charge on any atom is -0.463 e. The number of benzodiazepines with no additional fused rings is 1. The van der Waals surface area contributed by atoms with Gasteiger partial charge in [-0.1, -0.05) is 30.3 Å². The van der Waals surface area contributed by atoms with Crippen LogP contribution in [0.1, 0.15) is 28.9 Å². The second-order valence-electron chi connectivity index (χ2n) is 7.53. The third kappa shape index (κ3) is 4.82. The Morgan fingerprint density at radius 1 is 1.09 bits per heavy atom. The molecule has 0 bridgehead atoms. The average Bonchev–Trinajstić information content (AvgIpc) is 3.31. The molecule has 170 valence electrons. The molecule has 0 spiro atoms. The number of furan rings is 1. The molecule has 1 aliphatic heterocycles. The minimum atomic E-state index is -4.41. The highest BCUT2D eigenvalue weighted by Crippen LogP contribution is 2.29. The smallest absolute Gasteiger partial charge is 0.416 e. The Balaban J connectivity index is 1.51. The molecule has 0 radical (unpaired) electrons. The highest BCUT2D eigenvalue weighted by atomic mass is 19.4. The highest BCUT2D eigenvalue weighted by molar-refractivity contribution is 6.19. The molecule has 0 saturated heterocycles. The van der Waals surface area contributed by atoms with Gasteiger partial charge in [-0.3, -0.25) is 9.59 Å². The monoisotopic (exact) mass is 455 g/mol. The third-order valence-electron chi connectivity index (χ3n) is 5.32. The summed E-state index contributed by atoms with van der Waals surface area (Å²) in [7, 11) is 1.60. The molecule has 3 aromatic rings. The maximum absolute atomic E-state index is 13.0. The Labute approximate surface area is 187 Å². The van der Waals surface area contributed by atoms with Crippen LogP contribution in [0.2, 0.25) is 0 Å². The number of amides is 2. The number of carbonyl (C=O) groups is 2. The Hall–Kier alpha value is -3.88. The summed E-state index contributed by atoms with van der Waals surface area (Å²) in [4.78, 5) is 31.5. The predicted molar refractivity (Wildman–Crippen MR) is 116 cm³/mol. The van der Waals surface area contributed by atoms with Crippen LogP contribution in [0.5, 0.6) is 0 Å². The van der Waals surface area contributed by atoms with E-state index in [1.165, 1.54) is 23.3 Å². The van der Waals surface area contributed by atoms with E-state index in [1.807, 2.05) is 12.1 Å². The molecule has 0 fully saturated rings. The van der Waals surface area contributed by atoms with Crippen molar-refractivity contribution in [2.75, 3.05) is 11.9 Å². The van der Waals surface area contributed by atoms with Gasteiger partial charge in [0.15, 0.2) is 5.76 Å². The number of nitrogens with one attached hydrogen (secondary N) is 1. The molecule has 2 aromatic carbocycles. The lowest BCUT2D eigenvalue weighted by Crippen LogP contribution is -2.46. The zero-order valence-corrected chi connectivity index (χ0v) is 17.6. The van der Waals surface area contributed by atoms with Crippen molar-refractivity contribution in [2.45, 2.75) is 25.2 Å². The van der Waals surface area contributed by atoms with Gasteiger partial charge >= 0.3 is 6.18 Å². The number of benzene rings is 2. The Morgan fingerprint density at radius 3 is 2.48 bits per heavy atom. The van der Waals surface area contributed by atoms with Gasteiger partial charge in [0.1, 0.15) is 5.71 Å². The van der Waals surface area contributed by atoms with Crippen LogP contribution < -0.4 is 10.2 Å². The van der Waals surface area contributed by atoms with E-state index >= 15 is 0 Å². The topological polar surface area (TPSA) is 74.9 Å². The number of rotatable bonds is 5. The summed E-state index contributed by atoms with van der Waals surface area (Å²) in [5.74, 6) is -0.420. The Morgan fingerprint density at radius 2 is 1.82 bits per heavy atom. The first-order valence-corrected chi connectivity index (χ1v) is 10.2. The minimum absolute atomic E-state index is 0.0165. The molecule has 6 nitrogen and oxygen atoms in total. The molecule has 1 aromatic heterocycles. The number of aliphatic imine (C=N–C) groups is 1. The van der Waals surface area contributed by atoms with Crippen molar-refractivity contribution in [3.8, 4) is 0 Å². The summed E-state index contributed by atoms with van der Waals surface area (Å²) in [5, 5.41) is 2.63. The standard InChI is InChI=1S/C24H20F3N3O3/c1-30-18-6-3-2-5-17(18)21(19-7-4-14-33-19)29-22(23(30)32)28-20(31)13-10-15-8-11-16(12-9-15)24(25,26)27/h2-9,11-12,14,22H,10,13H2,1H3,(H,28,31). The second kappa shape index (κ2) is 8.93. The number of halogens is 3. The molecule has 1 atom stereocenters. The van der Waals surface area contributed by atoms with Gasteiger partial charge in [0.05, 0.1) is 17.5 Å². The molecule has 0 saturated carbocycles. The fraction of sp³-hybridized carbons (Fsp3) is 0.208. The normalized spacial score (nSPS) is 16.1. The number of nitrogens with zero attached hydrogens (tertiary/aromatic N) is 2. The van der Waals surface area contributed by atoms with Crippen molar-refractivity contribution in [3.63, 3.8) is 0 Å². The molecule has 1 unspecified atom stereocenters. The maximum Gasteiger partial charge on any atom is 0.416 e. The van der Waals surface area contributed by atoms with Crippen molar-refractivity contribution in [1.82, 2.24) is 5.32 Å². The van der Waals surface area contributed by atoms with Gasteiger partial charge in [0.25, 0.3) is 5.91 Å². The van der Waals surface area contributed by atoms with Crippen LogP contribution in [0, 0.1) is 0 Å². The Kier molecular flexibility index (Phi) is 6.04. The lowest BCUT2D eigenvalue weighted by atomic mass is 10.1. The van der Waals surface area contributed by atoms with Gasteiger partial charge in [0, 0.05) is 19.0 Å². The number of para-hydroxylation sites is 1. The number of hydrogen-bond acceptors (Lipinski definition) is 4. The van der Waals surface area contributed by atoms with Crippen molar-refractivity contribution < 1.29 is 27.2 Å². The molecule has 1 aliphatic rings. The summed E-state index contributed by atoms with van der Waals surface area (Å²) >= 11 is 0. The summed E-state index contributed by atoms with van der Waals surface area (Å²) in [6.45, 7) is 0. The number of fused-ring (bicyclic) bond motifs is 1. The van der Waals surface area contributed by atoms with Crippen molar-refractivity contribution >= 4 is 23.2 Å². The van der Waals surface area contributed by atoms with Gasteiger partial charge in [-0.2, -0.15) is 13.2 Å². The van der Waals surface area contributed by atoms with E-state index in [-0.39, 0.29) is 12.8 Å². The molecule has 1 N–H and O–H groups in total. The number of alkyl halides is 3. The summed E-state index contributed by atoms with van der Waals surface area (Å²) in [6.07, 6.45) is -3.90. The first kappa shape index (κ1) is 22.3. The molecule has 4 rings (SSSR count). The molecule has 0 aliphatic carbocycles. The third-order valence-corrected chi connectivity index (χ3v) is 5.32. The van der Waals surface area contributed by atoms with Crippen LogP contribution in [0.25, 0.3) is 0 Å². The van der Waals surface area contributed by atoms with E-state index < -0.39 is 29.7 Å². The number of likely N-dealkylation sites (N-methyl/N-ethyl adjacent to an activating group) is 1. The molecular formula is C24H20F3N3O3. The highest BCUT2D eigenvalue weighted by Gasteiger charge is 2.32. The second-order valence-corrected chi connectivity index (χ2v) is 7.53. The SMILES string of the molecule is CN1C(=O)C(NC(=O)CCc2ccc(C(F)(F)F)cc2)N=C(c2ccco2)c2ccccc21. The van der Waals surface area contributed by atoms with Crippen molar-refractivity contribution in [1.29, 1.82) is 0 Å². The lowest BCUT2D eigenvalue weighted by molar-refractivity contribution is -0.137. The number of anilines is 1. The average molecular weight is 455 g/mol. The fourth-order valence-electron chi connectivity index (χ4n) is 3.57. The molecule has 2 amide bonds. The van der Waals surface area contributed by atoms with E-state index in [0.29, 0.717) is 28.3 Å². The van der Waals surface area contributed by atoms with Crippen LogP contribution in [0.15, 0.2) is 76.3 Å². The molecule has 33 heavy (non-hydrogen) atoms. The van der Waals surface area contributed by atoms with Gasteiger partial charge in [-0.05, 0) is 42.3 Å². The predicted octanol–water partition coefficient (Wildman–Crippen LogP) is 4.19. The van der Waals surface area contributed by atoms with Crippen LogP contribution in [-0.4, -0.2) is 30.7 Å². The number of aryl methyl sites for hydroxylation is 1. The van der Waals surface area contributed by atoms with Gasteiger partial charge in [0.2, 0.25) is 12.1 Å². The zero-order valence-electron chi connectivity index (χ0n) is 17.6. The Bertz CT molecular complexity index is 1190. The maximum atomic E-state index is 13.0. The molecule has 9 heteroatoms. The van der Waals surface area contributed by atoms with Gasteiger partial charge in [-0.15, -0.1) is 0 Å². The summed E-state index contributed by atoms with van der Waals surface area (Å²) < 4.78 is 43.6. The lowest BCUT2D eigenvalue weighted by Gasteiger charge is -2.20. The van der Waals surface area contributed by atoms with Crippen LogP contribution in [0.3, 0.4) is 0 Å². The van der Waals surface area contributed by atoms with E-state index in [2.05, 4.69) is 10.3 Å². The van der Waals surface area contributed by atoms with E-state index in [4.69, 9.17) is 4.42 Å². The van der Waals surface area contributed by atoms with Crippen molar-refractivity contribution in [2.24, 2.45) is 4.99 Å². The molecular weight excluding hydrogens is 435 g/mol. The summed E-state index contributed by atoms with van der Waals surface area (Å²) in [6, 6.07) is 15.3. The first-order chi connectivity index (χ1) is 15.7.